The van der Waals surface area contributed by atoms with Crippen molar-refractivity contribution in [2.45, 2.75) is 19.4 Å². The Morgan fingerprint density at radius 1 is 1.21 bits per heavy atom. The smallest absolute Gasteiger partial charge is 0.313 e. The first-order valence-electron chi connectivity index (χ1n) is 9.18. The van der Waals surface area contributed by atoms with Crippen molar-refractivity contribution in [3.8, 4) is 5.88 Å². The zero-order chi connectivity index (χ0) is 20.0. The molecule has 3 rings (SSSR count). The lowest BCUT2D eigenvalue weighted by Gasteiger charge is -2.39. The Balaban J connectivity index is 1.64. The molecule has 1 unspecified atom stereocenters. The standard InChI is InChI=1S/C21H24N2O5/c1-27-15-21(20(25)26)10-5-11-23(14-21)19(24)17-8-9-18(22-12-17)28-13-16-6-3-2-4-7-16/h2-4,6-9,12H,5,10-11,13-15H2,1H3,(H,25,26). The highest BCUT2D eigenvalue weighted by Gasteiger charge is 2.44. The fraction of sp³-hybridized carbons (Fsp3) is 0.381. The van der Waals surface area contributed by atoms with Crippen LogP contribution in [0, 0.1) is 5.41 Å². The van der Waals surface area contributed by atoms with Gasteiger partial charge >= 0.3 is 5.97 Å². The fourth-order valence-electron chi connectivity index (χ4n) is 3.44. The molecular formula is C21H24N2O5. The molecule has 28 heavy (non-hydrogen) atoms. The number of carboxylic acids is 1. The minimum absolute atomic E-state index is 0.0800. The van der Waals surface area contributed by atoms with E-state index in [1.165, 1.54) is 13.3 Å². The molecule has 2 heterocycles. The number of aliphatic carboxylic acids is 1. The number of aromatic nitrogens is 1. The highest BCUT2D eigenvalue weighted by atomic mass is 16.5. The van der Waals surface area contributed by atoms with Crippen molar-refractivity contribution in [1.29, 1.82) is 0 Å². The van der Waals surface area contributed by atoms with Gasteiger partial charge in [0.15, 0.2) is 0 Å². The molecule has 0 aliphatic carbocycles. The van der Waals surface area contributed by atoms with Crippen molar-refractivity contribution in [1.82, 2.24) is 9.88 Å². The quantitative estimate of drug-likeness (QED) is 0.789. The number of likely N-dealkylation sites (tertiary alicyclic amines) is 1. The molecule has 7 nitrogen and oxygen atoms in total. The van der Waals surface area contributed by atoms with E-state index < -0.39 is 11.4 Å². The minimum Gasteiger partial charge on any atom is -0.481 e. The largest absolute Gasteiger partial charge is 0.481 e. The predicted molar refractivity (Wildman–Crippen MR) is 102 cm³/mol. The molecule has 1 atom stereocenters. The third-order valence-electron chi connectivity index (χ3n) is 4.95. The second-order valence-corrected chi connectivity index (χ2v) is 7.01. The number of hydrogen-bond acceptors (Lipinski definition) is 5. The van der Waals surface area contributed by atoms with Crippen molar-refractivity contribution in [2.24, 2.45) is 5.41 Å². The highest BCUT2D eigenvalue weighted by molar-refractivity contribution is 5.94. The monoisotopic (exact) mass is 384 g/mol. The summed E-state index contributed by atoms with van der Waals surface area (Å²) in [5.41, 5.74) is 0.376. The summed E-state index contributed by atoms with van der Waals surface area (Å²) < 4.78 is 10.7. The average Bonchev–Trinajstić information content (AvgIpc) is 2.73. The maximum absolute atomic E-state index is 12.8. The topological polar surface area (TPSA) is 89.0 Å². The van der Waals surface area contributed by atoms with E-state index in [2.05, 4.69) is 4.98 Å². The molecule has 2 aromatic rings. The first-order chi connectivity index (χ1) is 13.5. The van der Waals surface area contributed by atoms with Gasteiger partial charge < -0.3 is 19.5 Å². The van der Waals surface area contributed by atoms with Crippen LogP contribution in [-0.2, 0) is 16.1 Å². The maximum Gasteiger partial charge on any atom is 0.313 e. The zero-order valence-electron chi connectivity index (χ0n) is 15.8. The first kappa shape index (κ1) is 19.8. The number of amides is 1. The Hall–Kier alpha value is -2.93. The second kappa shape index (κ2) is 8.84. The SMILES string of the molecule is COCC1(C(=O)O)CCCN(C(=O)c2ccc(OCc3ccccc3)nc2)C1. The number of hydrogen-bond donors (Lipinski definition) is 1. The lowest BCUT2D eigenvalue weighted by molar-refractivity contribution is -0.155. The van der Waals surface area contributed by atoms with E-state index in [1.54, 1.807) is 17.0 Å². The zero-order valence-corrected chi connectivity index (χ0v) is 15.8. The van der Waals surface area contributed by atoms with Crippen LogP contribution in [-0.4, -0.2) is 53.7 Å². The predicted octanol–water partition coefficient (Wildman–Crippen LogP) is 2.61. The van der Waals surface area contributed by atoms with Crippen LogP contribution in [0.1, 0.15) is 28.8 Å². The molecule has 1 aromatic carbocycles. The van der Waals surface area contributed by atoms with Gasteiger partial charge in [0.25, 0.3) is 5.91 Å². The van der Waals surface area contributed by atoms with Gasteiger partial charge in [-0.25, -0.2) is 4.98 Å². The molecule has 148 valence electrons. The summed E-state index contributed by atoms with van der Waals surface area (Å²) in [6.45, 7) is 1.12. The number of carbonyl (C=O) groups excluding carboxylic acids is 1. The summed E-state index contributed by atoms with van der Waals surface area (Å²) in [6.07, 6.45) is 2.58. The van der Waals surface area contributed by atoms with E-state index in [1.807, 2.05) is 30.3 Å². The maximum atomic E-state index is 12.8. The van der Waals surface area contributed by atoms with E-state index >= 15 is 0 Å². The van der Waals surface area contributed by atoms with Gasteiger partial charge in [-0.2, -0.15) is 0 Å². The van der Waals surface area contributed by atoms with Gasteiger partial charge in [0.05, 0.1) is 12.2 Å². The molecule has 1 saturated heterocycles. The normalized spacial score (nSPS) is 19.2. The second-order valence-electron chi connectivity index (χ2n) is 7.01. The van der Waals surface area contributed by atoms with Crippen LogP contribution in [0.4, 0.5) is 0 Å². The van der Waals surface area contributed by atoms with Gasteiger partial charge in [0.1, 0.15) is 12.0 Å². The molecule has 1 aromatic heterocycles. The summed E-state index contributed by atoms with van der Waals surface area (Å²) in [6, 6.07) is 13.0. The van der Waals surface area contributed by atoms with Crippen molar-refractivity contribution in [3.05, 3.63) is 59.8 Å². The minimum atomic E-state index is -1.06. The highest BCUT2D eigenvalue weighted by Crippen LogP contribution is 2.31. The van der Waals surface area contributed by atoms with Crippen molar-refractivity contribution in [3.63, 3.8) is 0 Å². The molecule has 7 heteroatoms. The summed E-state index contributed by atoms with van der Waals surface area (Å²) >= 11 is 0. The molecular weight excluding hydrogens is 360 g/mol. The summed E-state index contributed by atoms with van der Waals surface area (Å²) in [7, 11) is 1.48. The lowest BCUT2D eigenvalue weighted by Crippen LogP contribution is -2.52. The fourth-order valence-corrected chi connectivity index (χ4v) is 3.44. The van der Waals surface area contributed by atoms with Gasteiger partial charge in [-0.05, 0) is 24.5 Å². The Bertz CT molecular complexity index is 805. The molecule has 0 bridgehead atoms. The van der Waals surface area contributed by atoms with E-state index in [-0.39, 0.29) is 19.1 Å². The van der Waals surface area contributed by atoms with Gasteiger partial charge in [-0.1, -0.05) is 30.3 Å². The van der Waals surface area contributed by atoms with E-state index in [9.17, 15) is 14.7 Å². The number of pyridine rings is 1. The summed E-state index contributed by atoms with van der Waals surface area (Å²) in [5, 5.41) is 9.63. The molecule has 1 aliphatic rings. The van der Waals surface area contributed by atoms with Crippen LogP contribution in [0.15, 0.2) is 48.7 Å². The van der Waals surface area contributed by atoms with Gasteiger partial charge in [0.2, 0.25) is 5.88 Å². The van der Waals surface area contributed by atoms with Crippen LogP contribution in [0.25, 0.3) is 0 Å². The van der Waals surface area contributed by atoms with Crippen molar-refractivity contribution >= 4 is 11.9 Å². The van der Waals surface area contributed by atoms with Gasteiger partial charge in [-0.3, -0.25) is 9.59 Å². The lowest BCUT2D eigenvalue weighted by atomic mass is 9.80. The Morgan fingerprint density at radius 3 is 2.64 bits per heavy atom. The summed E-state index contributed by atoms with van der Waals surface area (Å²) in [4.78, 5) is 30.3. The van der Waals surface area contributed by atoms with Gasteiger partial charge in [0, 0.05) is 32.5 Å². The number of benzene rings is 1. The van der Waals surface area contributed by atoms with Crippen LogP contribution < -0.4 is 4.74 Å². The van der Waals surface area contributed by atoms with Crippen molar-refractivity contribution in [2.75, 3.05) is 26.8 Å². The molecule has 0 spiro atoms. The first-order valence-corrected chi connectivity index (χ1v) is 9.18. The Labute approximate surface area is 163 Å². The van der Waals surface area contributed by atoms with Crippen molar-refractivity contribution < 1.29 is 24.2 Å². The number of rotatable bonds is 7. The van der Waals surface area contributed by atoms with Crippen LogP contribution in [0.5, 0.6) is 5.88 Å². The third kappa shape index (κ3) is 4.48. The van der Waals surface area contributed by atoms with Crippen LogP contribution in [0.3, 0.4) is 0 Å². The van der Waals surface area contributed by atoms with Gasteiger partial charge in [-0.15, -0.1) is 0 Å². The summed E-state index contributed by atoms with van der Waals surface area (Å²) in [5.74, 6) is -0.739. The Kier molecular flexibility index (Phi) is 6.26. The van der Waals surface area contributed by atoms with E-state index in [0.29, 0.717) is 37.4 Å². The number of carbonyl (C=O) groups is 2. The number of ether oxygens (including phenoxy) is 2. The number of methoxy groups -OCH3 is 1. The molecule has 0 saturated carbocycles. The Morgan fingerprint density at radius 2 is 2.00 bits per heavy atom. The molecule has 1 amide bonds. The molecule has 0 radical (unpaired) electrons. The van der Waals surface area contributed by atoms with E-state index in [4.69, 9.17) is 9.47 Å². The van der Waals surface area contributed by atoms with Crippen LogP contribution >= 0.6 is 0 Å². The third-order valence-corrected chi connectivity index (χ3v) is 4.95. The number of piperidine rings is 1. The number of carboxylic acid groups (broad SMARTS) is 1. The molecule has 1 fully saturated rings. The average molecular weight is 384 g/mol. The molecule has 1 aliphatic heterocycles. The molecule has 1 N–H and O–H groups in total. The van der Waals surface area contributed by atoms with Crippen LogP contribution in [0.2, 0.25) is 0 Å². The van der Waals surface area contributed by atoms with E-state index in [0.717, 1.165) is 5.56 Å². The number of nitrogens with zero attached hydrogens (tertiary/aromatic N) is 2.